The van der Waals surface area contributed by atoms with E-state index < -0.39 is 0 Å². The van der Waals surface area contributed by atoms with E-state index in [-0.39, 0.29) is 17.1 Å². The molecule has 0 unspecified atom stereocenters. The molecule has 0 aliphatic rings. The number of amides is 1. The van der Waals surface area contributed by atoms with Crippen molar-refractivity contribution in [1.29, 1.82) is 0 Å². The van der Waals surface area contributed by atoms with E-state index in [2.05, 4.69) is 29.0 Å². The molecule has 1 aromatic rings. The topological polar surface area (TPSA) is 71.2 Å². The number of halogens is 1. The van der Waals surface area contributed by atoms with E-state index in [0.717, 1.165) is 6.54 Å². The van der Waals surface area contributed by atoms with E-state index in [1.807, 2.05) is 14.1 Å². The molecule has 0 aromatic carbocycles. The van der Waals surface area contributed by atoms with Gasteiger partial charge in [0, 0.05) is 19.3 Å². The number of carbonyl (C=O) groups is 1. The molecule has 0 saturated heterocycles. The molecule has 0 saturated carbocycles. The van der Waals surface area contributed by atoms with Crippen LogP contribution in [-0.4, -0.2) is 43.0 Å². The Hall–Kier alpha value is -1.33. The first kappa shape index (κ1) is 15.7. The molecule has 0 bridgehead atoms. The molecule has 1 aromatic heterocycles. The van der Waals surface area contributed by atoms with Crippen LogP contribution >= 0.6 is 11.6 Å². The quantitative estimate of drug-likeness (QED) is 0.862. The van der Waals surface area contributed by atoms with Crippen molar-refractivity contribution in [2.75, 3.05) is 32.9 Å². The molecule has 1 amide bonds. The molecule has 0 atom stereocenters. The van der Waals surface area contributed by atoms with Gasteiger partial charge < -0.3 is 16.0 Å². The summed E-state index contributed by atoms with van der Waals surface area (Å²) in [5, 5.41) is 3.18. The lowest BCUT2D eigenvalue weighted by molar-refractivity contribution is 0.0929. The van der Waals surface area contributed by atoms with Crippen molar-refractivity contribution in [2.24, 2.45) is 5.41 Å². The standard InChI is InChI=1S/C13H21ClN4O/c1-13(2,8-18(3)4)7-17-12(19)9-5-10(14)11(15)16-6-9/h5-6H,7-8H2,1-4H3,(H2,15,16)(H,17,19). The molecule has 0 aliphatic heterocycles. The monoisotopic (exact) mass is 284 g/mol. The number of aromatic nitrogens is 1. The van der Waals surface area contributed by atoms with E-state index in [9.17, 15) is 4.79 Å². The number of hydrogen-bond acceptors (Lipinski definition) is 4. The Morgan fingerprint density at radius 3 is 2.68 bits per heavy atom. The van der Waals surface area contributed by atoms with E-state index in [4.69, 9.17) is 17.3 Å². The molecule has 3 N–H and O–H groups in total. The number of rotatable bonds is 5. The third-order valence-electron chi connectivity index (χ3n) is 2.60. The Kier molecular flexibility index (Phi) is 5.14. The summed E-state index contributed by atoms with van der Waals surface area (Å²) in [5.41, 5.74) is 5.91. The van der Waals surface area contributed by atoms with Crippen molar-refractivity contribution < 1.29 is 4.79 Å². The lowest BCUT2D eigenvalue weighted by atomic mass is 9.93. The minimum Gasteiger partial charge on any atom is -0.382 e. The van der Waals surface area contributed by atoms with Crippen molar-refractivity contribution >= 4 is 23.3 Å². The van der Waals surface area contributed by atoms with Crippen molar-refractivity contribution in [3.8, 4) is 0 Å². The summed E-state index contributed by atoms with van der Waals surface area (Å²) >= 11 is 5.84. The molecule has 0 spiro atoms. The highest BCUT2D eigenvalue weighted by Gasteiger charge is 2.20. The average Bonchev–Trinajstić information content (AvgIpc) is 2.28. The van der Waals surface area contributed by atoms with Crippen LogP contribution in [0, 0.1) is 5.41 Å². The molecule has 1 heterocycles. The zero-order valence-electron chi connectivity index (χ0n) is 11.8. The number of nitrogens with two attached hydrogens (primary N) is 1. The van der Waals surface area contributed by atoms with Gasteiger partial charge in [0.1, 0.15) is 5.82 Å². The number of pyridine rings is 1. The fraction of sp³-hybridized carbons (Fsp3) is 0.538. The second kappa shape index (κ2) is 6.21. The smallest absolute Gasteiger partial charge is 0.252 e. The lowest BCUT2D eigenvalue weighted by Crippen LogP contribution is -2.40. The van der Waals surface area contributed by atoms with Gasteiger partial charge >= 0.3 is 0 Å². The van der Waals surface area contributed by atoms with E-state index in [0.29, 0.717) is 17.1 Å². The zero-order chi connectivity index (χ0) is 14.6. The van der Waals surface area contributed by atoms with E-state index >= 15 is 0 Å². The predicted octanol–water partition coefficient (Wildman–Crippen LogP) is 1.63. The van der Waals surface area contributed by atoms with Gasteiger partial charge in [0.05, 0.1) is 10.6 Å². The number of nitrogen functional groups attached to an aromatic ring is 1. The molecule has 5 nitrogen and oxygen atoms in total. The second-order valence-electron chi connectivity index (χ2n) is 5.68. The largest absolute Gasteiger partial charge is 0.382 e. The van der Waals surface area contributed by atoms with Gasteiger partial charge in [0.25, 0.3) is 5.91 Å². The van der Waals surface area contributed by atoms with Crippen LogP contribution in [0.2, 0.25) is 5.02 Å². The Morgan fingerprint density at radius 2 is 2.16 bits per heavy atom. The molecule has 19 heavy (non-hydrogen) atoms. The first-order valence-electron chi connectivity index (χ1n) is 6.05. The highest BCUT2D eigenvalue weighted by atomic mass is 35.5. The van der Waals surface area contributed by atoms with Crippen molar-refractivity contribution in [1.82, 2.24) is 15.2 Å². The van der Waals surface area contributed by atoms with Gasteiger partial charge in [-0.2, -0.15) is 0 Å². The molecule has 106 valence electrons. The summed E-state index contributed by atoms with van der Waals surface area (Å²) in [5.74, 6) is 0.0346. The molecular formula is C13H21ClN4O. The van der Waals surface area contributed by atoms with Gasteiger partial charge in [-0.25, -0.2) is 4.98 Å². The zero-order valence-corrected chi connectivity index (χ0v) is 12.6. The number of carbonyl (C=O) groups excluding carboxylic acids is 1. The third kappa shape index (κ3) is 5.04. The van der Waals surface area contributed by atoms with Gasteiger partial charge in [0.15, 0.2) is 0 Å². The van der Waals surface area contributed by atoms with E-state index in [1.54, 1.807) is 0 Å². The molecule has 0 aliphatic carbocycles. The highest BCUT2D eigenvalue weighted by molar-refractivity contribution is 6.33. The van der Waals surface area contributed by atoms with Crippen LogP contribution in [0.25, 0.3) is 0 Å². The van der Waals surface area contributed by atoms with Crippen LogP contribution in [0.4, 0.5) is 5.82 Å². The highest BCUT2D eigenvalue weighted by Crippen LogP contribution is 2.17. The number of nitrogens with one attached hydrogen (secondary N) is 1. The Morgan fingerprint density at radius 1 is 1.53 bits per heavy atom. The summed E-state index contributed by atoms with van der Waals surface area (Å²) in [7, 11) is 4.01. The fourth-order valence-electron chi connectivity index (χ4n) is 1.91. The Balaban J connectivity index is 2.62. The van der Waals surface area contributed by atoms with Crippen LogP contribution in [0.15, 0.2) is 12.3 Å². The molecule has 0 fully saturated rings. The summed E-state index contributed by atoms with van der Waals surface area (Å²) in [4.78, 5) is 17.9. The normalized spacial score (nSPS) is 11.7. The maximum Gasteiger partial charge on any atom is 0.252 e. The number of anilines is 1. The predicted molar refractivity (Wildman–Crippen MR) is 78.3 cm³/mol. The van der Waals surface area contributed by atoms with Crippen LogP contribution in [-0.2, 0) is 0 Å². The fourth-order valence-corrected chi connectivity index (χ4v) is 2.07. The Bertz CT molecular complexity index is 460. The second-order valence-corrected chi connectivity index (χ2v) is 6.08. The average molecular weight is 285 g/mol. The van der Waals surface area contributed by atoms with Gasteiger partial charge in [-0.05, 0) is 25.6 Å². The Labute approximate surface area is 119 Å². The van der Waals surface area contributed by atoms with Crippen LogP contribution in [0.5, 0.6) is 0 Å². The number of nitrogens with zero attached hydrogens (tertiary/aromatic N) is 2. The third-order valence-corrected chi connectivity index (χ3v) is 2.91. The van der Waals surface area contributed by atoms with E-state index in [1.165, 1.54) is 12.3 Å². The van der Waals surface area contributed by atoms with Crippen molar-refractivity contribution in [3.63, 3.8) is 0 Å². The molecular weight excluding hydrogens is 264 g/mol. The maximum absolute atomic E-state index is 12.0. The molecule has 6 heteroatoms. The summed E-state index contributed by atoms with van der Waals surface area (Å²) in [6.07, 6.45) is 1.43. The van der Waals surface area contributed by atoms with Crippen LogP contribution in [0.3, 0.4) is 0 Å². The summed E-state index contributed by atoms with van der Waals surface area (Å²) in [6, 6.07) is 1.53. The molecule has 0 radical (unpaired) electrons. The van der Waals surface area contributed by atoms with Crippen LogP contribution in [0.1, 0.15) is 24.2 Å². The minimum absolute atomic E-state index is 0.00973. The van der Waals surface area contributed by atoms with Gasteiger partial charge in [-0.1, -0.05) is 25.4 Å². The maximum atomic E-state index is 12.0. The first-order valence-corrected chi connectivity index (χ1v) is 6.43. The summed E-state index contributed by atoms with van der Waals surface area (Å²) in [6.45, 7) is 5.66. The minimum atomic E-state index is -0.193. The van der Waals surface area contributed by atoms with Crippen LogP contribution < -0.4 is 11.1 Å². The van der Waals surface area contributed by atoms with Gasteiger partial charge in [0.2, 0.25) is 0 Å². The van der Waals surface area contributed by atoms with Crippen molar-refractivity contribution in [2.45, 2.75) is 13.8 Å². The van der Waals surface area contributed by atoms with Gasteiger partial charge in [-0.15, -0.1) is 0 Å². The number of hydrogen-bond donors (Lipinski definition) is 2. The lowest BCUT2D eigenvalue weighted by Gasteiger charge is -2.28. The van der Waals surface area contributed by atoms with Crippen molar-refractivity contribution in [3.05, 3.63) is 22.8 Å². The molecule has 1 rings (SSSR count). The first-order chi connectivity index (χ1) is 8.71. The summed E-state index contributed by atoms with van der Waals surface area (Å²) < 4.78 is 0. The SMILES string of the molecule is CN(C)CC(C)(C)CNC(=O)c1cnc(N)c(Cl)c1. The van der Waals surface area contributed by atoms with Gasteiger partial charge in [-0.3, -0.25) is 4.79 Å².